The van der Waals surface area contributed by atoms with Crippen molar-refractivity contribution < 1.29 is 0 Å². The fourth-order valence-corrected chi connectivity index (χ4v) is 3.76. The largest absolute Gasteiger partial charge is 0.324 e. The van der Waals surface area contributed by atoms with Crippen molar-refractivity contribution in [2.45, 2.75) is 44.6 Å². The molecule has 0 saturated heterocycles. The van der Waals surface area contributed by atoms with E-state index in [0.29, 0.717) is 5.92 Å². The summed E-state index contributed by atoms with van der Waals surface area (Å²) in [6.07, 6.45) is 8.04. The number of fused-ring (bicyclic) bond motifs is 1. The van der Waals surface area contributed by atoms with Crippen LogP contribution in [0.1, 0.15) is 50.1 Å². The zero-order valence-corrected chi connectivity index (χ0v) is 13.4. The Hall–Kier alpha value is -0.860. The molecule has 106 valence electrons. The molecule has 1 nitrogen and oxygen atoms in total. The Kier molecular flexibility index (Phi) is 4.42. The maximum absolute atomic E-state index is 6.55. The molecule has 20 heavy (non-hydrogen) atoms. The van der Waals surface area contributed by atoms with Crippen LogP contribution in [0.25, 0.3) is 10.8 Å². The Bertz CT molecular complexity index is 585. The summed E-state index contributed by atoms with van der Waals surface area (Å²) in [6, 6.07) is 13.3. The number of hydrogen-bond donors (Lipinski definition) is 1. The summed E-state index contributed by atoms with van der Waals surface area (Å²) in [5, 5.41) is 2.56. The third-order valence-corrected chi connectivity index (χ3v) is 5.11. The SMILES string of the molecule is NC(c1ccc2cc(Br)ccc2c1)C1CCCCCC1. The fraction of sp³-hybridized carbons (Fsp3) is 0.444. The molecule has 1 aliphatic carbocycles. The van der Waals surface area contributed by atoms with Gasteiger partial charge in [-0.15, -0.1) is 0 Å². The predicted octanol–water partition coefficient (Wildman–Crippen LogP) is 5.57. The second kappa shape index (κ2) is 6.28. The van der Waals surface area contributed by atoms with E-state index in [-0.39, 0.29) is 6.04 Å². The Labute approximate surface area is 129 Å². The molecule has 0 heterocycles. The first-order valence-electron chi connectivity index (χ1n) is 7.69. The van der Waals surface area contributed by atoms with Crippen molar-refractivity contribution in [1.29, 1.82) is 0 Å². The minimum absolute atomic E-state index is 0.196. The van der Waals surface area contributed by atoms with Gasteiger partial charge in [-0.05, 0) is 53.3 Å². The summed E-state index contributed by atoms with van der Waals surface area (Å²) in [6.45, 7) is 0. The predicted molar refractivity (Wildman–Crippen MR) is 89.8 cm³/mol. The van der Waals surface area contributed by atoms with Gasteiger partial charge < -0.3 is 5.73 Å². The zero-order chi connectivity index (χ0) is 13.9. The maximum Gasteiger partial charge on any atom is 0.0323 e. The highest BCUT2D eigenvalue weighted by Gasteiger charge is 2.20. The standard InChI is InChI=1S/C18H22BrN/c19-17-10-9-14-11-16(8-7-15(14)12-17)18(20)13-5-3-1-2-4-6-13/h7-13,18H,1-6,20H2. The van der Waals surface area contributed by atoms with Gasteiger partial charge in [0.15, 0.2) is 0 Å². The number of benzene rings is 2. The van der Waals surface area contributed by atoms with Gasteiger partial charge in [0, 0.05) is 10.5 Å². The third-order valence-electron chi connectivity index (χ3n) is 4.62. The molecule has 2 aromatic carbocycles. The van der Waals surface area contributed by atoms with Crippen LogP contribution in [0.2, 0.25) is 0 Å². The normalized spacial score (nSPS) is 18.9. The molecule has 1 unspecified atom stereocenters. The molecule has 0 aliphatic heterocycles. The van der Waals surface area contributed by atoms with Crippen molar-refractivity contribution in [1.82, 2.24) is 0 Å². The van der Waals surface area contributed by atoms with E-state index in [4.69, 9.17) is 5.73 Å². The number of rotatable bonds is 2. The molecule has 2 heteroatoms. The van der Waals surface area contributed by atoms with Gasteiger partial charge in [-0.3, -0.25) is 0 Å². The molecule has 1 aliphatic rings. The van der Waals surface area contributed by atoms with E-state index in [0.717, 1.165) is 4.47 Å². The number of hydrogen-bond acceptors (Lipinski definition) is 1. The van der Waals surface area contributed by atoms with E-state index in [2.05, 4.69) is 52.3 Å². The molecule has 1 fully saturated rings. The number of halogens is 1. The molecule has 0 spiro atoms. The second-order valence-corrected chi connectivity index (χ2v) is 6.94. The van der Waals surface area contributed by atoms with E-state index in [1.165, 1.54) is 54.9 Å². The Balaban J connectivity index is 1.86. The van der Waals surface area contributed by atoms with Crippen LogP contribution in [-0.2, 0) is 0 Å². The molecule has 2 aromatic rings. The quantitative estimate of drug-likeness (QED) is 0.715. The van der Waals surface area contributed by atoms with Crippen LogP contribution in [-0.4, -0.2) is 0 Å². The van der Waals surface area contributed by atoms with Crippen molar-refractivity contribution in [3.05, 3.63) is 46.4 Å². The lowest BCUT2D eigenvalue weighted by Crippen LogP contribution is -2.21. The average Bonchev–Trinajstić information content (AvgIpc) is 2.75. The number of nitrogens with two attached hydrogens (primary N) is 1. The Morgan fingerprint density at radius 3 is 2.30 bits per heavy atom. The summed E-state index contributed by atoms with van der Waals surface area (Å²) in [7, 11) is 0. The van der Waals surface area contributed by atoms with Gasteiger partial charge in [0.05, 0.1) is 0 Å². The summed E-state index contributed by atoms with van der Waals surface area (Å²) in [5.41, 5.74) is 7.85. The van der Waals surface area contributed by atoms with Gasteiger partial charge in [-0.2, -0.15) is 0 Å². The molecule has 0 bridgehead atoms. The van der Waals surface area contributed by atoms with Gasteiger partial charge in [0.2, 0.25) is 0 Å². The summed E-state index contributed by atoms with van der Waals surface area (Å²) < 4.78 is 1.13. The van der Waals surface area contributed by atoms with Crippen LogP contribution in [0.15, 0.2) is 40.9 Å². The first-order valence-corrected chi connectivity index (χ1v) is 8.48. The van der Waals surface area contributed by atoms with Crippen LogP contribution in [0.3, 0.4) is 0 Å². The third kappa shape index (κ3) is 3.07. The highest BCUT2D eigenvalue weighted by atomic mass is 79.9. The van der Waals surface area contributed by atoms with Crippen LogP contribution in [0.5, 0.6) is 0 Å². The minimum Gasteiger partial charge on any atom is -0.324 e. The van der Waals surface area contributed by atoms with Crippen molar-refractivity contribution in [2.75, 3.05) is 0 Å². The topological polar surface area (TPSA) is 26.0 Å². The van der Waals surface area contributed by atoms with Gasteiger partial charge >= 0.3 is 0 Å². The monoisotopic (exact) mass is 331 g/mol. The van der Waals surface area contributed by atoms with Gasteiger partial charge in [-0.25, -0.2) is 0 Å². The average molecular weight is 332 g/mol. The molecular weight excluding hydrogens is 310 g/mol. The molecule has 0 aromatic heterocycles. The molecule has 0 radical (unpaired) electrons. The van der Waals surface area contributed by atoms with E-state index in [1.807, 2.05) is 0 Å². The zero-order valence-electron chi connectivity index (χ0n) is 11.8. The molecule has 3 rings (SSSR count). The molecule has 1 saturated carbocycles. The summed E-state index contributed by atoms with van der Waals surface area (Å²) in [5.74, 6) is 0.658. The van der Waals surface area contributed by atoms with Crippen molar-refractivity contribution in [2.24, 2.45) is 11.7 Å². The van der Waals surface area contributed by atoms with Gasteiger partial charge in [0.1, 0.15) is 0 Å². The molecule has 1 atom stereocenters. The Morgan fingerprint density at radius 2 is 1.55 bits per heavy atom. The van der Waals surface area contributed by atoms with Crippen molar-refractivity contribution in [3.63, 3.8) is 0 Å². The lowest BCUT2D eigenvalue weighted by atomic mass is 9.87. The van der Waals surface area contributed by atoms with Crippen LogP contribution < -0.4 is 5.73 Å². The lowest BCUT2D eigenvalue weighted by Gasteiger charge is -2.23. The first-order chi connectivity index (χ1) is 9.74. The highest BCUT2D eigenvalue weighted by molar-refractivity contribution is 9.10. The molecular formula is C18H22BrN. The van der Waals surface area contributed by atoms with E-state index < -0.39 is 0 Å². The smallest absolute Gasteiger partial charge is 0.0323 e. The van der Waals surface area contributed by atoms with Crippen LogP contribution >= 0.6 is 15.9 Å². The second-order valence-electron chi connectivity index (χ2n) is 6.03. The molecule has 2 N–H and O–H groups in total. The van der Waals surface area contributed by atoms with Gasteiger partial charge in [-0.1, -0.05) is 59.8 Å². The lowest BCUT2D eigenvalue weighted by molar-refractivity contribution is 0.382. The summed E-state index contributed by atoms with van der Waals surface area (Å²) in [4.78, 5) is 0. The van der Waals surface area contributed by atoms with Crippen LogP contribution in [0, 0.1) is 5.92 Å². The molecule has 0 amide bonds. The fourth-order valence-electron chi connectivity index (χ4n) is 3.38. The van der Waals surface area contributed by atoms with Crippen LogP contribution in [0.4, 0.5) is 0 Å². The Morgan fingerprint density at radius 1 is 0.900 bits per heavy atom. The van der Waals surface area contributed by atoms with E-state index >= 15 is 0 Å². The minimum atomic E-state index is 0.196. The van der Waals surface area contributed by atoms with E-state index in [9.17, 15) is 0 Å². The van der Waals surface area contributed by atoms with Gasteiger partial charge in [0.25, 0.3) is 0 Å². The maximum atomic E-state index is 6.55. The van der Waals surface area contributed by atoms with E-state index in [1.54, 1.807) is 0 Å². The summed E-state index contributed by atoms with van der Waals surface area (Å²) >= 11 is 3.53. The first kappa shape index (κ1) is 14.1. The highest BCUT2D eigenvalue weighted by Crippen LogP contribution is 2.33. The van der Waals surface area contributed by atoms with Crippen molar-refractivity contribution in [3.8, 4) is 0 Å². The van der Waals surface area contributed by atoms with Crippen molar-refractivity contribution >= 4 is 26.7 Å².